The van der Waals surface area contributed by atoms with Crippen molar-refractivity contribution in [1.82, 2.24) is 19.2 Å². The van der Waals surface area contributed by atoms with Crippen LogP contribution in [0.5, 0.6) is 0 Å². The van der Waals surface area contributed by atoms with Gasteiger partial charge in [-0.3, -0.25) is 9.59 Å². The van der Waals surface area contributed by atoms with Crippen molar-refractivity contribution in [3.8, 4) is 11.4 Å². The Morgan fingerprint density at radius 1 is 0.971 bits per heavy atom. The summed E-state index contributed by atoms with van der Waals surface area (Å²) in [6, 6.07) is 24.8. The molecule has 5 rings (SSSR count). The second-order valence-electron chi connectivity index (χ2n) is 8.19. The van der Waals surface area contributed by atoms with Gasteiger partial charge in [0.2, 0.25) is 11.7 Å². The van der Waals surface area contributed by atoms with Crippen molar-refractivity contribution in [2.24, 2.45) is 0 Å². The van der Waals surface area contributed by atoms with Crippen LogP contribution in [-0.2, 0) is 17.8 Å². The number of rotatable bonds is 6. The van der Waals surface area contributed by atoms with Crippen molar-refractivity contribution in [1.29, 1.82) is 0 Å². The quantitative estimate of drug-likeness (QED) is 0.405. The molecule has 2 heterocycles. The maximum absolute atomic E-state index is 13.5. The van der Waals surface area contributed by atoms with Gasteiger partial charge in [0.15, 0.2) is 5.82 Å². The lowest BCUT2D eigenvalue weighted by molar-refractivity contribution is -0.115. The number of hydrogen-bond acceptors (Lipinski definition) is 4. The molecule has 0 aliphatic rings. The van der Waals surface area contributed by atoms with Crippen LogP contribution in [0.1, 0.15) is 16.8 Å². The summed E-state index contributed by atoms with van der Waals surface area (Å²) in [5, 5.41) is 7.14. The highest BCUT2D eigenvalue weighted by atomic mass is 19.1. The zero-order valence-corrected chi connectivity index (χ0v) is 19.0. The highest BCUT2D eigenvalue weighted by molar-refractivity contribution is 5.92. The average molecular weight is 468 g/mol. The Balaban J connectivity index is 1.60. The second kappa shape index (κ2) is 9.34. The molecule has 0 fully saturated rings. The number of nitrogens with one attached hydrogen (secondary N) is 1. The van der Waals surface area contributed by atoms with Crippen LogP contribution >= 0.6 is 0 Å². The number of anilines is 1. The van der Waals surface area contributed by atoms with Gasteiger partial charge in [-0.1, -0.05) is 66.7 Å². The fraction of sp³-hybridized carbons (Fsp3) is 0.111. The molecule has 0 saturated heterocycles. The molecule has 1 N–H and O–H groups in total. The summed E-state index contributed by atoms with van der Waals surface area (Å²) in [6.45, 7) is 2.24. The lowest BCUT2D eigenvalue weighted by Gasteiger charge is -2.15. The van der Waals surface area contributed by atoms with Crippen molar-refractivity contribution < 1.29 is 9.18 Å². The molecule has 174 valence electrons. The number of amides is 1. The minimum absolute atomic E-state index is 0.188. The smallest absolute Gasteiger partial charge is 0.279 e. The van der Waals surface area contributed by atoms with Crippen LogP contribution in [0.25, 0.3) is 17.2 Å². The van der Waals surface area contributed by atoms with Gasteiger partial charge in [-0.05, 0) is 30.7 Å². The molecule has 0 atom stereocenters. The van der Waals surface area contributed by atoms with Gasteiger partial charge in [-0.2, -0.15) is 9.50 Å². The van der Waals surface area contributed by atoms with Gasteiger partial charge in [0.05, 0.1) is 13.0 Å². The molecule has 5 aromatic rings. The lowest BCUT2D eigenvalue weighted by atomic mass is 10.1. The summed E-state index contributed by atoms with van der Waals surface area (Å²) in [5.41, 5.74) is 2.63. The van der Waals surface area contributed by atoms with E-state index >= 15 is 0 Å². The van der Waals surface area contributed by atoms with E-state index < -0.39 is 17.3 Å². The van der Waals surface area contributed by atoms with E-state index in [2.05, 4.69) is 15.4 Å². The molecular formula is C27H22FN5O2. The molecule has 0 aliphatic heterocycles. The van der Waals surface area contributed by atoms with E-state index in [1.54, 1.807) is 13.0 Å². The van der Waals surface area contributed by atoms with Crippen molar-refractivity contribution in [3.05, 3.63) is 118 Å². The van der Waals surface area contributed by atoms with E-state index in [0.717, 1.165) is 11.1 Å². The van der Waals surface area contributed by atoms with E-state index in [0.29, 0.717) is 35.1 Å². The van der Waals surface area contributed by atoms with Gasteiger partial charge in [-0.25, -0.2) is 4.39 Å². The molecule has 1 amide bonds. The van der Waals surface area contributed by atoms with Crippen LogP contribution in [-0.4, -0.2) is 25.1 Å². The van der Waals surface area contributed by atoms with Crippen LogP contribution in [0.15, 0.2) is 89.7 Å². The molecule has 0 radical (unpaired) electrons. The first kappa shape index (κ1) is 22.2. The predicted molar refractivity (Wildman–Crippen MR) is 132 cm³/mol. The number of benzene rings is 3. The Morgan fingerprint density at radius 2 is 1.69 bits per heavy atom. The first-order chi connectivity index (χ1) is 17.0. The topological polar surface area (TPSA) is 81.3 Å². The zero-order valence-electron chi connectivity index (χ0n) is 19.0. The summed E-state index contributed by atoms with van der Waals surface area (Å²) in [4.78, 5) is 30.9. The minimum atomic E-state index is -0.457. The maximum Gasteiger partial charge on any atom is 0.279 e. The largest absolute Gasteiger partial charge is 0.326 e. The van der Waals surface area contributed by atoms with Crippen molar-refractivity contribution in [2.45, 2.75) is 19.9 Å². The summed E-state index contributed by atoms with van der Waals surface area (Å²) in [7, 11) is 0. The number of nitrogens with zero attached hydrogens (tertiary/aromatic N) is 4. The molecule has 0 unspecified atom stereocenters. The molecule has 0 saturated carbocycles. The molecule has 0 spiro atoms. The van der Waals surface area contributed by atoms with E-state index in [1.165, 1.54) is 22.7 Å². The van der Waals surface area contributed by atoms with E-state index in [9.17, 15) is 14.0 Å². The first-order valence-electron chi connectivity index (χ1n) is 11.1. The molecule has 0 aliphatic carbocycles. The van der Waals surface area contributed by atoms with Gasteiger partial charge < -0.3 is 9.88 Å². The molecular weight excluding hydrogens is 445 g/mol. The number of carbonyl (C=O) groups excluding carboxylic acids is 1. The van der Waals surface area contributed by atoms with Crippen LogP contribution in [0, 0.1) is 12.7 Å². The molecule has 7 nitrogen and oxygen atoms in total. The maximum atomic E-state index is 13.5. The highest BCUT2D eigenvalue weighted by Gasteiger charge is 2.21. The molecule has 8 heteroatoms. The SMILES string of the molecule is Cc1c(CC(=O)Nc2cccc(F)c2)c(=O)n2nc(-c3ccccc3)nc2n1Cc1ccccc1. The summed E-state index contributed by atoms with van der Waals surface area (Å²) in [6.07, 6.45) is -0.188. The van der Waals surface area contributed by atoms with Gasteiger partial charge >= 0.3 is 0 Å². The first-order valence-corrected chi connectivity index (χ1v) is 11.1. The third-order valence-electron chi connectivity index (χ3n) is 5.78. The Hall–Kier alpha value is -4.59. The standard InChI is InChI=1S/C27H22FN5O2/c1-18-23(16-24(34)29-22-14-8-13-21(28)15-22)26(35)33-27(32(18)17-19-9-4-2-5-10-19)30-25(31-33)20-11-6-3-7-12-20/h2-15H,16-17H2,1H3,(H,29,34). The average Bonchev–Trinajstić information content (AvgIpc) is 3.31. The molecule has 35 heavy (non-hydrogen) atoms. The molecule has 3 aromatic carbocycles. The van der Waals surface area contributed by atoms with E-state index in [1.807, 2.05) is 65.2 Å². The fourth-order valence-corrected chi connectivity index (χ4v) is 4.01. The summed E-state index contributed by atoms with van der Waals surface area (Å²) >= 11 is 0. The van der Waals surface area contributed by atoms with Crippen molar-refractivity contribution in [2.75, 3.05) is 5.32 Å². The summed E-state index contributed by atoms with van der Waals surface area (Å²) in [5.74, 6) is -0.0683. The van der Waals surface area contributed by atoms with Crippen molar-refractivity contribution in [3.63, 3.8) is 0 Å². The number of hydrogen-bond donors (Lipinski definition) is 1. The highest BCUT2D eigenvalue weighted by Crippen LogP contribution is 2.19. The Bertz CT molecular complexity index is 1580. The number of fused-ring (bicyclic) bond motifs is 1. The van der Waals surface area contributed by atoms with Crippen LogP contribution < -0.4 is 10.9 Å². The number of halogens is 1. The third-order valence-corrected chi connectivity index (χ3v) is 5.78. The monoisotopic (exact) mass is 467 g/mol. The number of carbonyl (C=O) groups is 1. The minimum Gasteiger partial charge on any atom is -0.326 e. The van der Waals surface area contributed by atoms with E-state index in [-0.39, 0.29) is 6.42 Å². The Labute approximate surface area is 200 Å². The predicted octanol–water partition coefficient (Wildman–Crippen LogP) is 4.24. The van der Waals surface area contributed by atoms with Gasteiger partial charge in [-0.15, -0.1) is 5.10 Å². The Kier molecular flexibility index (Phi) is 5.93. The molecule has 0 bridgehead atoms. The van der Waals surface area contributed by atoms with Crippen LogP contribution in [0.4, 0.5) is 10.1 Å². The second-order valence-corrected chi connectivity index (χ2v) is 8.19. The third kappa shape index (κ3) is 4.59. The van der Waals surface area contributed by atoms with Gasteiger partial charge in [0.1, 0.15) is 5.82 Å². The normalized spacial score (nSPS) is 11.0. The zero-order chi connectivity index (χ0) is 24.4. The lowest BCUT2D eigenvalue weighted by Crippen LogP contribution is -2.29. The van der Waals surface area contributed by atoms with Gasteiger partial charge in [0, 0.05) is 22.5 Å². The van der Waals surface area contributed by atoms with Crippen molar-refractivity contribution >= 4 is 17.4 Å². The number of aromatic nitrogens is 4. The van der Waals surface area contributed by atoms with Gasteiger partial charge in [0.25, 0.3) is 5.56 Å². The fourth-order valence-electron chi connectivity index (χ4n) is 4.01. The van der Waals surface area contributed by atoms with E-state index in [4.69, 9.17) is 0 Å². The Morgan fingerprint density at radius 3 is 2.40 bits per heavy atom. The van der Waals surface area contributed by atoms with Crippen LogP contribution in [0.2, 0.25) is 0 Å². The molecule has 2 aromatic heterocycles. The summed E-state index contributed by atoms with van der Waals surface area (Å²) < 4.78 is 16.7. The van der Waals surface area contributed by atoms with Crippen LogP contribution in [0.3, 0.4) is 0 Å².